The van der Waals surface area contributed by atoms with Crippen molar-refractivity contribution in [3.63, 3.8) is 0 Å². The molecule has 4 heterocycles. The second kappa shape index (κ2) is 12.5. The number of hydrogen-bond donors (Lipinski definition) is 2. The lowest BCUT2D eigenvalue weighted by Crippen LogP contribution is -2.42. The fraction of sp³-hybridized carbons (Fsp3) is 0.429. The van der Waals surface area contributed by atoms with Crippen LogP contribution in [0.1, 0.15) is 61.4 Å². The summed E-state index contributed by atoms with van der Waals surface area (Å²) in [6.07, 6.45) is 9.33. The molecular formula is C35H42N6O4. The van der Waals surface area contributed by atoms with Gasteiger partial charge in [0.2, 0.25) is 11.8 Å². The van der Waals surface area contributed by atoms with Crippen LogP contribution in [0.3, 0.4) is 0 Å². The number of nitrogens with one attached hydrogen (secondary N) is 2. The Kier molecular flexibility index (Phi) is 8.50. The Hall–Kier alpha value is -4.44. The zero-order chi connectivity index (χ0) is 31.7. The fourth-order valence-electron chi connectivity index (χ4n) is 5.99. The number of ether oxygens (including phenoxy) is 2. The molecule has 1 aliphatic carbocycles. The Labute approximate surface area is 264 Å². The van der Waals surface area contributed by atoms with Gasteiger partial charge in [0.15, 0.2) is 0 Å². The van der Waals surface area contributed by atoms with E-state index in [2.05, 4.69) is 32.7 Å². The second-order valence-corrected chi connectivity index (χ2v) is 13.0. The number of rotatable bonds is 6. The molecule has 0 bridgehead atoms. The molecule has 1 fully saturated rings. The molecule has 236 valence electrons. The van der Waals surface area contributed by atoms with Crippen molar-refractivity contribution in [3.05, 3.63) is 70.6 Å². The minimum atomic E-state index is -0.605. The maximum Gasteiger partial charge on any atom is 0.415 e. The molecule has 2 N–H and O–H groups in total. The number of aromatic nitrogens is 2. The molecule has 2 aliphatic heterocycles. The highest BCUT2D eigenvalue weighted by Gasteiger charge is 2.32. The van der Waals surface area contributed by atoms with E-state index in [9.17, 15) is 9.59 Å². The topological polar surface area (TPSA) is 109 Å². The second-order valence-electron chi connectivity index (χ2n) is 13.0. The predicted octanol–water partition coefficient (Wildman–Crippen LogP) is 6.19. The van der Waals surface area contributed by atoms with Gasteiger partial charge in [-0.2, -0.15) is 0 Å². The van der Waals surface area contributed by atoms with E-state index in [0.29, 0.717) is 37.7 Å². The van der Waals surface area contributed by atoms with Gasteiger partial charge in [-0.3, -0.25) is 14.6 Å². The van der Waals surface area contributed by atoms with Crippen LogP contribution in [0.2, 0.25) is 0 Å². The van der Waals surface area contributed by atoms with E-state index < -0.39 is 11.7 Å². The van der Waals surface area contributed by atoms with Crippen molar-refractivity contribution < 1.29 is 19.1 Å². The average Bonchev–Trinajstić information content (AvgIpc) is 3.17. The van der Waals surface area contributed by atoms with Crippen molar-refractivity contribution in [2.45, 2.75) is 65.9 Å². The SMILES string of the molecule is Cc1cc(Nc2cc3c(cn2)CCC=C(c2cnc4c(c2C)N(C(=O)OC(C)(C)C)CCO4)C3)ccc1NC(=O)CN1CCC1. The number of aryl methyl sites for hydroxylation is 2. The number of hydrogen-bond acceptors (Lipinski definition) is 8. The van der Waals surface area contributed by atoms with Crippen molar-refractivity contribution in [3.8, 4) is 5.88 Å². The molecule has 45 heavy (non-hydrogen) atoms. The summed E-state index contributed by atoms with van der Waals surface area (Å²) < 4.78 is 11.6. The molecule has 1 aromatic carbocycles. The quantitative estimate of drug-likeness (QED) is 0.340. The summed E-state index contributed by atoms with van der Waals surface area (Å²) in [4.78, 5) is 38.7. The minimum absolute atomic E-state index is 0.0178. The van der Waals surface area contributed by atoms with Crippen molar-refractivity contribution in [2.75, 3.05) is 48.3 Å². The molecule has 3 aliphatic rings. The Morgan fingerprint density at radius 2 is 1.87 bits per heavy atom. The number of anilines is 4. The molecule has 10 heteroatoms. The largest absolute Gasteiger partial charge is 0.474 e. The smallest absolute Gasteiger partial charge is 0.415 e. The van der Waals surface area contributed by atoms with Crippen LogP contribution in [0.25, 0.3) is 5.57 Å². The summed E-state index contributed by atoms with van der Waals surface area (Å²) in [5.41, 5.74) is 8.28. The number of carbonyl (C=O) groups is 2. The minimum Gasteiger partial charge on any atom is -0.474 e. The summed E-state index contributed by atoms with van der Waals surface area (Å²) >= 11 is 0. The van der Waals surface area contributed by atoms with Crippen LogP contribution in [0.4, 0.5) is 27.7 Å². The number of likely N-dealkylation sites (tertiary alicyclic amines) is 1. The van der Waals surface area contributed by atoms with Crippen LogP contribution >= 0.6 is 0 Å². The summed E-state index contributed by atoms with van der Waals surface area (Å²) in [5.74, 6) is 1.23. The Balaban J connectivity index is 1.19. The van der Waals surface area contributed by atoms with Crippen molar-refractivity contribution >= 4 is 40.5 Å². The first-order valence-electron chi connectivity index (χ1n) is 15.7. The van der Waals surface area contributed by atoms with Crippen LogP contribution in [0.5, 0.6) is 5.88 Å². The summed E-state index contributed by atoms with van der Waals surface area (Å²) in [5, 5.41) is 6.49. The maximum atomic E-state index is 13.1. The number of pyridine rings is 2. The van der Waals surface area contributed by atoms with E-state index in [1.54, 1.807) is 4.90 Å². The van der Waals surface area contributed by atoms with Gasteiger partial charge in [0, 0.05) is 29.3 Å². The predicted molar refractivity (Wildman–Crippen MR) is 176 cm³/mol. The number of nitrogens with zero attached hydrogens (tertiary/aromatic N) is 4. The Morgan fingerprint density at radius 1 is 1.04 bits per heavy atom. The first kappa shape index (κ1) is 30.6. The zero-order valence-corrected chi connectivity index (χ0v) is 26.8. The van der Waals surface area contributed by atoms with Crippen molar-refractivity contribution in [1.29, 1.82) is 0 Å². The lowest BCUT2D eigenvalue weighted by Gasteiger charge is -2.32. The number of benzene rings is 1. The van der Waals surface area contributed by atoms with E-state index in [1.165, 1.54) is 11.1 Å². The first-order valence-corrected chi connectivity index (χ1v) is 15.7. The molecule has 2 amide bonds. The number of amides is 2. The van der Waals surface area contributed by atoms with Crippen LogP contribution < -0.4 is 20.3 Å². The van der Waals surface area contributed by atoms with Gasteiger partial charge in [0.1, 0.15) is 23.7 Å². The molecule has 2 aromatic heterocycles. The lowest BCUT2D eigenvalue weighted by atomic mass is 9.95. The lowest BCUT2D eigenvalue weighted by molar-refractivity contribution is -0.118. The highest BCUT2D eigenvalue weighted by atomic mass is 16.6. The molecule has 10 nitrogen and oxygen atoms in total. The number of fused-ring (bicyclic) bond motifs is 2. The van der Waals surface area contributed by atoms with Gasteiger partial charge in [-0.05, 0) is 125 Å². The number of allylic oxidation sites excluding steroid dienone is 2. The number of carbonyl (C=O) groups excluding carboxylic acids is 2. The summed E-state index contributed by atoms with van der Waals surface area (Å²) in [6.45, 7) is 12.8. The summed E-state index contributed by atoms with van der Waals surface area (Å²) in [6, 6.07) is 8.04. The maximum absolute atomic E-state index is 13.1. The van der Waals surface area contributed by atoms with Gasteiger partial charge >= 0.3 is 6.09 Å². The van der Waals surface area contributed by atoms with Crippen LogP contribution in [0.15, 0.2) is 42.7 Å². The standard InChI is InChI=1S/C35H42N6O4/c1-22-16-27(10-11-29(22)39-31(42)21-40-12-7-13-40)38-30-18-26-17-24(8-6-9-25(26)19-36-30)28-20-37-33-32(23(28)2)41(14-15-44-33)34(43)45-35(3,4)5/h8,10-11,16,18-20H,6-7,9,12-15,17,21H2,1-5H3,(H,36,38)(H,39,42). The first-order chi connectivity index (χ1) is 21.5. The molecule has 0 radical (unpaired) electrons. The summed E-state index contributed by atoms with van der Waals surface area (Å²) in [7, 11) is 0. The van der Waals surface area contributed by atoms with E-state index in [1.807, 2.05) is 65.2 Å². The zero-order valence-electron chi connectivity index (χ0n) is 26.8. The van der Waals surface area contributed by atoms with Gasteiger partial charge < -0.3 is 20.1 Å². The Morgan fingerprint density at radius 3 is 2.60 bits per heavy atom. The fourth-order valence-corrected chi connectivity index (χ4v) is 5.99. The van der Waals surface area contributed by atoms with Gasteiger partial charge in [0.25, 0.3) is 0 Å². The van der Waals surface area contributed by atoms with Crippen LogP contribution in [-0.2, 0) is 22.4 Å². The van der Waals surface area contributed by atoms with Gasteiger partial charge in [-0.1, -0.05) is 6.08 Å². The third kappa shape index (κ3) is 6.96. The molecule has 3 aromatic rings. The molecule has 1 saturated heterocycles. The van der Waals surface area contributed by atoms with E-state index in [0.717, 1.165) is 71.8 Å². The van der Waals surface area contributed by atoms with Gasteiger partial charge in [0.05, 0.1) is 13.1 Å². The highest BCUT2D eigenvalue weighted by Crippen LogP contribution is 2.39. The molecule has 0 unspecified atom stereocenters. The molecule has 6 rings (SSSR count). The molecule has 0 saturated carbocycles. The Bertz CT molecular complexity index is 1660. The molecule has 0 spiro atoms. The molecule has 0 atom stereocenters. The van der Waals surface area contributed by atoms with Crippen LogP contribution in [-0.4, -0.2) is 65.3 Å². The van der Waals surface area contributed by atoms with E-state index in [-0.39, 0.29) is 5.91 Å². The van der Waals surface area contributed by atoms with Gasteiger partial charge in [-0.25, -0.2) is 14.8 Å². The highest BCUT2D eigenvalue weighted by molar-refractivity contribution is 5.94. The van der Waals surface area contributed by atoms with Gasteiger partial charge in [-0.15, -0.1) is 0 Å². The monoisotopic (exact) mass is 610 g/mol. The van der Waals surface area contributed by atoms with E-state index in [4.69, 9.17) is 14.5 Å². The van der Waals surface area contributed by atoms with Crippen molar-refractivity contribution in [1.82, 2.24) is 14.9 Å². The third-order valence-corrected chi connectivity index (χ3v) is 8.41. The normalized spacial score (nSPS) is 16.3. The van der Waals surface area contributed by atoms with E-state index >= 15 is 0 Å². The van der Waals surface area contributed by atoms with Crippen molar-refractivity contribution in [2.24, 2.45) is 0 Å². The average molecular weight is 611 g/mol. The molecular weight excluding hydrogens is 568 g/mol. The third-order valence-electron chi connectivity index (χ3n) is 8.41. The van der Waals surface area contributed by atoms with Crippen LogP contribution in [0, 0.1) is 13.8 Å².